The van der Waals surface area contributed by atoms with Crippen molar-refractivity contribution in [1.82, 2.24) is 0 Å². The molecule has 1 amide bonds. The van der Waals surface area contributed by atoms with Gasteiger partial charge in [-0.2, -0.15) is 0 Å². The Morgan fingerprint density at radius 2 is 1.60 bits per heavy atom. The zero-order valence-corrected chi connectivity index (χ0v) is 23.5. The minimum absolute atomic E-state index is 0.00588. The van der Waals surface area contributed by atoms with E-state index in [2.05, 4.69) is 5.32 Å². The Morgan fingerprint density at radius 1 is 1.00 bits per heavy atom. The van der Waals surface area contributed by atoms with Gasteiger partial charge in [0, 0.05) is 23.7 Å². The lowest BCUT2D eigenvalue weighted by Gasteiger charge is -2.15. The number of nitrogens with one attached hydrogen (secondary N) is 1. The number of aliphatic carboxylic acids is 2. The van der Waals surface area contributed by atoms with Gasteiger partial charge in [-0.3, -0.25) is 19.2 Å². The maximum absolute atomic E-state index is 11.2. The van der Waals surface area contributed by atoms with Crippen molar-refractivity contribution in [1.29, 1.82) is 0 Å². The molecule has 40 heavy (non-hydrogen) atoms. The molecule has 1 unspecified atom stereocenters. The van der Waals surface area contributed by atoms with E-state index in [1.807, 2.05) is 25.1 Å². The molecule has 10 heteroatoms. The van der Waals surface area contributed by atoms with E-state index in [0.29, 0.717) is 37.4 Å². The molecule has 0 spiro atoms. The fourth-order valence-corrected chi connectivity index (χ4v) is 3.46. The molecule has 0 aliphatic heterocycles. The van der Waals surface area contributed by atoms with Crippen LogP contribution in [0.15, 0.2) is 54.6 Å². The number of hydrogen-bond acceptors (Lipinski definition) is 7. The lowest BCUT2D eigenvalue weighted by Crippen LogP contribution is -2.30. The van der Waals surface area contributed by atoms with E-state index in [1.165, 1.54) is 32.1 Å². The molecule has 1 aliphatic rings. The molecule has 0 saturated heterocycles. The smallest absolute Gasteiger partial charge is 0.320 e. The number of aldehydes is 1. The molecule has 222 valence electrons. The average molecular weight is 559 g/mol. The van der Waals surface area contributed by atoms with Crippen molar-refractivity contribution in [2.45, 2.75) is 83.2 Å². The van der Waals surface area contributed by atoms with Crippen molar-refractivity contribution in [3.63, 3.8) is 0 Å². The van der Waals surface area contributed by atoms with Gasteiger partial charge in [0.05, 0.1) is 6.42 Å². The molecule has 0 radical (unpaired) electrons. The Morgan fingerprint density at radius 3 is 2.02 bits per heavy atom. The largest absolute Gasteiger partial charge is 0.481 e. The van der Waals surface area contributed by atoms with Crippen LogP contribution in [0, 0.1) is 0 Å². The molecule has 0 heterocycles. The summed E-state index contributed by atoms with van der Waals surface area (Å²) in [6, 6.07) is 15.7. The highest BCUT2D eigenvalue weighted by molar-refractivity contribution is 5.91. The molecule has 1 saturated carbocycles. The van der Waals surface area contributed by atoms with Crippen LogP contribution in [0.4, 0.5) is 5.69 Å². The third-order valence-corrected chi connectivity index (χ3v) is 5.69. The van der Waals surface area contributed by atoms with Crippen molar-refractivity contribution in [2.75, 3.05) is 11.9 Å². The number of benzene rings is 2. The molecule has 1 fully saturated rings. The first-order chi connectivity index (χ1) is 19.1. The van der Waals surface area contributed by atoms with Gasteiger partial charge in [-0.05, 0) is 68.5 Å². The summed E-state index contributed by atoms with van der Waals surface area (Å²) >= 11 is 0. The molecule has 1 aliphatic carbocycles. The van der Waals surface area contributed by atoms with E-state index < -0.39 is 18.0 Å². The van der Waals surface area contributed by atoms with E-state index >= 15 is 0 Å². The third kappa shape index (κ3) is 20.4. The van der Waals surface area contributed by atoms with Gasteiger partial charge in [-0.25, -0.2) is 0 Å². The highest BCUT2D eigenvalue weighted by Gasteiger charge is 2.09. The monoisotopic (exact) mass is 558 g/mol. The van der Waals surface area contributed by atoms with Crippen LogP contribution in [-0.2, 0) is 20.8 Å². The van der Waals surface area contributed by atoms with Crippen LogP contribution >= 0.6 is 0 Å². The Labute approximate surface area is 237 Å². The van der Waals surface area contributed by atoms with Crippen LogP contribution in [0.1, 0.15) is 80.6 Å². The minimum Gasteiger partial charge on any atom is -0.481 e. The fourth-order valence-electron chi connectivity index (χ4n) is 3.46. The summed E-state index contributed by atoms with van der Waals surface area (Å²) in [7, 11) is 0. The van der Waals surface area contributed by atoms with E-state index in [9.17, 15) is 19.2 Å². The van der Waals surface area contributed by atoms with Crippen molar-refractivity contribution in [3.05, 3.63) is 65.7 Å². The summed E-state index contributed by atoms with van der Waals surface area (Å²) in [6.45, 7) is 2.45. The Kier molecular flexibility index (Phi) is 21.2. The van der Waals surface area contributed by atoms with Crippen molar-refractivity contribution < 1.29 is 29.4 Å². The SMILES string of the molecule is CCCC(=O)Nc1ccc(C=O)cc1.NC1CCCCC1.NCCCC(N)C(=O)O.O=C(O)Cc1ccccc1. The topological polar surface area (TPSA) is 199 Å². The van der Waals surface area contributed by atoms with Crippen LogP contribution in [0.25, 0.3) is 0 Å². The summed E-state index contributed by atoms with van der Waals surface area (Å²) in [5.74, 6) is -1.74. The Balaban J connectivity index is 0.000000523. The van der Waals surface area contributed by atoms with Gasteiger partial charge in [0.2, 0.25) is 5.91 Å². The molecule has 1 atom stereocenters. The number of hydrogen-bond donors (Lipinski definition) is 6. The quantitative estimate of drug-likeness (QED) is 0.233. The number of anilines is 1. The first-order valence-corrected chi connectivity index (χ1v) is 13.7. The molecule has 3 rings (SSSR count). The molecular formula is C30H46N4O6. The number of rotatable bonds is 10. The number of carboxylic acids is 2. The zero-order chi connectivity index (χ0) is 30.2. The van der Waals surface area contributed by atoms with Crippen LogP contribution < -0.4 is 22.5 Å². The number of carbonyl (C=O) groups excluding carboxylic acids is 2. The predicted octanol–water partition coefficient (Wildman–Crippen LogP) is 3.97. The van der Waals surface area contributed by atoms with Crippen LogP contribution in [-0.4, -0.2) is 53.0 Å². The molecule has 10 nitrogen and oxygen atoms in total. The number of amides is 1. The summed E-state index contributed by atoms with van der Waals surface area (Å²) in [4.78, 5) is 41.7. The zero-order valence-electron chi connectivity index (χ0n) is 23.5. The second kappa shape index (κ2) is 23.3. The molecule has 9 N–H and O–H groups in total. The highest BCUT2D eigenvalue weighted by Crippen LogP contribution is 2.14. The highest BCUT2D eigenvalue weighted by atomic mass is 16.4. The summed E-state index contributed by atoms with van der Waals surface area (Å²) in [6.07, 6.45) is 10.0. The second-order valence-electron chi connectivity index (χ2n) is 9.37. The molecule has 0 aromatic heterocycles. The lowest BCUT2D eigenvalue weighted by atomic mass is 9.97. The number of carbonyl (C=O) groups is 4. The predicted molar refractivity (Wildman–Crippen MR) is 158 cm³/mol. The van der Waals surface area contributed by atoms with Gasteiger partial charge in [-0.1, -0.05) is 56.5 Å². The van der Waals surface area contributed by atoms with E-state index in [4.69, 9.17) is 27.4 Å². The fraction of sp³-hybridized carbons (Fsp3) is 0.467. The van der Waals surface area contributed by atoms with Crippen molar-refractivity contribution in [3.8, 4) is 0 Å². The van der Waals surface area contributed by atoms with Gasteiger partial charge in [-0.15, -0.1) is 0 Å². The van der Waals surface area contributed by atoms with Gasteiger partial charge < -0.3 is 32.7 Å². The number of carboxylic acid groups (broad SMARTS) is 2. The van der Waals surface area contributed by atoms with E-state index in [0.717, 1.165) is 24.0 Å². The molecule has 2 aromatic rings. The third-order valence-electron chi connectivity index (χ3n) is 5.69. The summed E-state index contributed by atoms with van der Waals surface area (Å²) < 4.78 is 0. The number of nitrogens with two attached hydrogens (primary N) is 3. The lowest BCUT2D eigenvalue weighted by molar-refractivity contribution is -0.139. The van der Waals surface area contributed by atoms with Crippen molar-refractivity contribution in [2.24, 2.45) is 17.2 Å². The van der Waals surface area contributed by atoms with Crippen LogP contribution in [0.3, 0.4) is 0 Å². The van der Waals surface area contributed by atoms with Crippen LogP contribution in [0.2, 0.25) is 0 Å². The maximum Gasteiger partial charge on any atom is 0.320 e. The van der Waals surface area contributed by atoms with Gasteiger partial charge in [0.15, 0.2) is 0 Å². The molecule has 2 aromatic carbocycles. The Hall–Kier alpha value is -3.60. The van der Waals surface area contributed by atoms with E-state index in [1.54, 1.807) is 36.4 Å². The van der Waals surface area contributed by atoms with E-state index in [-0.39, 0.29) is 12.3 Å². The second-order valence-corrected chi connectivity index (χ2v) is 9.37. The molecular weight excluding hydrogens is 512 g/mol. The minimum atomic E-state index is -0.955. The molecule has 0 bridgehead atoms. The van der Waals surface area contributed by atoms with Crippen LogP contribution in [0.5, 0.6) is 0 Å². The van der Waals surface area contributed by atoms with Crippen molar-refractivity contribution >= 4 is 29.8 Å². The van der Waals surface area contributed by atoms with Gasteiger partial charge in [0.1, 0.15) is 12.3 Å². The average Bonchev–Trinajstić information content (AvgIpc) is 2.94. The standard InChI is InChI=1S/C11H13NO2.C8H8O2.C6H13N.C5H12N2O2/c1-2-3-11(14)12-10-6-4-9(8-13)5-7-10;9-8(10)6-7-4-2-1-3-5-7;7-6-4-2-1-3-5-6;6-3-1-2-4(7)5(8)9/h4-8H,2-3H2,1H3,(H,12,14);1-5H,6H2,(H,9,10);6H,1-5,7H2;4H,1-3,6-7H2,(H,8,9). The summed E-state index contributed by atoms with van der Waals surface area (Å²) in [5.41, 5.74) is 18.1. The normalized spacial score (nSPS) is 13.0. The first kappa shape index (κ1) is 36.4. The first-order valence-electron chi connectivity index (χ1n) is 13.7. The Bertz CT molecular complexity index is 964. The summed E-state index contributed by atoms with van der Waals surface area (Å²) in [5, 5.41) is 19.3. The van der Waals surface area contributed by atoms with Gasteiger partial charge in [0.25, 0.3) is 0 Å². The maximum atomic E-state index is 11.2. The van der Waals surface area contributed by atoms with Gasteiger partial charge >= 0.3 is 11.9 Å².